The Balaban J connectivity index is 1.43. The highest BCUT2D eigenvalue weighted by Crippen LogP contribution is 2.31. The van der Waals surface area contributed by atoms with E-state index in [1.165, 1.54) is 6.39 Å². The van der Waals surface area contributed by atoms with Gasteiger partial charge in [-0.05, 0) is 23.6 Å². The first-order valence-electron chi connectivity index (χ1n) is 10.5. The number of hydrogen-bond acceptors (Lipinski definition) is 7. The van der Waals surface area contributed by atoms with Gasteiger partial charge in [-0.2, -0.15) is 0 Å². The number of carbonyl (C=O) groups excluding carboxylic acids is 1. The van der Waals surface area contributed by atoms with E-state index in [9.17, 15) is 4.79 Å². The second kappa shape index (κ2) is 9.49. The van der Waals surface area contributed by atoms with Gasteiger partial charge in [-0.15, -0.1) is 0 Å². The molecule has 3 heterocycles. The highest BCUT2D eigenvalue weighted by molar-refractivity contribution is 5.81. The number of amides is 1. The van der Waals surface area contributed by atoms with E-state index in [2.05, 4.69) is 23.7 Å². The number of hydrogen-bond donors (Lipinski definition) is 0. The second-order valence-electron chi connectivity index (χ2n) is 8.15. The largest absolute Gasteiger partial charge is 0.486 e. The number of rotatable bonds is 7. The first-order chi connectivity index (χ1) is 14.6. The van der Waals surface area contributed by atoms with Gasteiger partial charge >= 0.3 is 0 Å². The maximum Gasteiger partial charge on any atom is 0.253 e. The maximum atomic E-state index is 13.4. The lowest BCUT2D eigenvalue weighted by Gasteiger charge is -2.35. The minimum Gasteiger partial charge on any atom is -0.486 e. The zero-order valence-corrected chi connectivity index (χ0v) is 17.6. The molecule has 1 fully saturated rings. The molecule has 1 aromatic carbocycles. The Labute approximate surface area is 176 Å². The predicted octanol–water partition coefficient (Wildman–Crippen LogP) is 2.33. The number of morpholine rings is 1. The number of benzene rings is 1. The Bertz CT molecular complexity index is 839. The molecule has 2 aliphatic rings. The highest BCUT2D eigenvalue weighted by atomic mass is 16.6. The fourth-order valence-corrected chi connectivity index (χ4v) is 3.82. The van der Waals surface area contributed by atoms with Gasteiger partial charge in [0, 0.05) is 26.2 Å². The Hall–Kier alpha value is -2.58. The zero-order chi connectivity index (χ0) is 20.9. The van der Waals surface area contributed by atoms with Crippen molar-refractivity contribution in [1.29, 1.82) is 0 Å². The summed E-state index contributed by atoms with van der Waals surface area (Å²) in [5.74, 6) is 2.65. The number of nitrogens with zero attached hydrogens (tertiary/aromatic N) is 3. The van der Waals surface area contributed by atoms with Crippen molar-refractivity contribution >= 4 is 5.91 Å². The van der Waals surface area contributed by atoms with Crippen LogP contribution in [0.25, 0.3) is 0 Å². The predicted molar refractivity (Wildman–Crippen MR) is 109 cm³/mol. The smallest absolute Gasteiger partial charge is 0.253 e. The van der Waals surface area contributed by atoms with Crippen molar-refractivity contribution in [3.63, 3.8) is 0 Å². The van der Waals surface area contributed by atoms with Crippen LogP contribution in [-0.2, 0) is 22.6 Å². The summed E-state index contributed by atoms with van der Waals surface area (Å²) >= 11 is 0. The average Bonchev–Trinajstić information content (AvgIpc) is 3.25. The minimum atomic E-state index is -0.488. The Morgan fingerprint density at radius 2 is 2.07 bits per heavy atom. The lowest BCUT2D eigenvalue weighted by Crippen LogP contribution is -2.51. The summed E-state index contributed by atoms with van der Waals surface area (Å²) in [7, 11) is 0. The van der Waals surface area contributed by atoms with Gasteiger partial charge in [0.2, 0.25) is 0 Å². The summed E-state index contributed by atoms with van der Waals surface area (Å²) in [6, 6.07) is 5.87. The number of ether oxygens (including phenoxy) is 3. The lowest BCUT2D eigenvalue weighted by molar-refractivity contribution is -0.151. The summed E-state index contributed by atoms with van der Waals surface area (Å²) in [4.78, 5) is 21.4. The molecule has 1 amide bonds. The van der Waals surface area contributed by atoms with Crippen molar-refractivity contribution in [2.45, 2.75) is 33.0 Å². The summed E-state index contributed by atoms with van der Waals surface area (Å²) in [5.41, 5.74) is 1.02. The van der Waals surface area contributed by atoms with Crippen LogP contribution in [0.1, 0.15) is 25.2 Å². The third kappa shape index (κ3) is 5.12. The van der Waals surface area contributed by atoms with E-state index in [-0.39, 0.29) is 5.91 Å². The van der Waals surface area contributed by atoms with Gasteiger partial charge in [-0.3, -0.25) is 9.69 Å². The standard InChI is InChI=1S/C22H29N3O5/c1-16(2)11-25(12-17-3-4-19-20(9-17)29-8-7-28-19)22(26)21-14-24(5-6-27-21)13-18-10-23-15-30-18/h3-4,9-10,15-16,21H,5-8,11-14H2,1-2H3. The molecule has 1 aromatic heterocycles. The molecule has 0 aliphatic carbocycles. The van der Waals surface area contributed by atoms with Crippen molar-refractivity contribution in [2.75, 3.05) is 39.5 Å². The Morgan fingerprint density at radius 1 is 1.23 bits per heavy atom. The van der Waals surface area contributed by atoms with Crippen LogP contribution in [-0.4, -0.2) is 66.2 Å². The van der Waals surface area contributed by atoms with E-state index in [1.54, 1.807) is 6.20 Å². The van der Waals surface area contributed by atoms with Crippen LogP contribution < -0.4 is 9.47 Å². The van der Waals surface area contributed by atoms with Gasteiger partial charge in [0.1, 0.15) is 25.1 Å². The molecule has 1 unspecified atom stereocenters. The van der Waals surface area contributed by atoms with Crippen molar-refractivity contribution < 1.29 is 23.4 Å². The van der Waals surface area contributed by atoms with Gasteiger partial charge < -0.3 is 23.5 Å². The topological polar surface area (TPSA) is 77.3 Å². The molecule has 162 valence electrons. The molecule has 0 bridgehead atoms. The minimum absolute atomic E-state index is 0.0147. The van der Waals surface area contributed by atoms with Gasteiger partial charge in [0.15, 0.2) is 17.9 Å². The average molecular weight is 415 g/mol. The third-order valence-corrected chi connectivity index (χ3v) is 5.17. The number of carbonyl (C=O) groups is 1. The van der Waals surface area contributed by atoms with Crippen LogP contribution in [0.5, 0.6) is 11.5 Å². The molecular weight excluding hydrogens is 386 g/mol. The van der Waals surface area contributed by atoms with Gasteiger partial charge in [-0.1, -0.05) is 19.9 Å². The molecule has 1 saturated heterocycles. The summed E-state index contributed by atoms with van der Waals surface area (Å²) in [6.07, 6.45) is 2.65. The quantitative estimate of drug-likeness (QED) is 0.687. The Kier molecular flexibility index (Phi) is 6.54. The zero-order valence-electron chi connectivity index (χ0n) is 17.6. The van der Waals surface area contributed by atoms with E-state index in [4.69, 9.17) is 18.6 Å². The van der Waals surface area contributed by atoms with E-state index < -0.39 is 6.10 Å². The van der Waals surface area contributed by atoms with Crippen LogP contribution in [0.2, 0.25) is 0 Å². The van der Waals surface area contributed by atoms with Crippen LogP contribution in [0.3, 0.4) is 0 Å². The summed E-state index contributed by atoms with van der Waals surface area (Å²) in [6.45, 7) is 8.94. The molecule has 8 nitrogen and oxygen atoms in total. The molecule has 2 aromatic rings. The van der Waals surface area contributed by atoms with E-state index in [1.807, 2.05) is 23.1 Å². The van der Waals surface area contributed by atoms with Gasteiger partial charge in [0.05, 0.1) is 19.3 Å². The monoisotopic (exact) mass is 415 g/mol. The maximum absolute atomic E-state index is 13.4. The molecule has 4 rings (SSSR count). The van der Waals surface area contributed by atoms with E-state index in [0.29, 0.717) is 51.9 Å². The first kappa shape index (κ1) is 20.7. The first-order valence-corrected chi connectivity index (χ1v) is 10.5. The molecule has 0 radical (unpaired) electrons. The normalized spacial score (nSPS) is 19.1. The number of aromatic nitrogens is 1. The van der Waals surface area contributed by atoms with Crippen molar-refractivity contribution in [2.24, 2.45) is 5.92 Å². The van der Waals surface area contributed by atoms with Crippen LogP contribution in [0, 0.1) is 5.92 Å². The van der Waals surface area contributed by atoms with E-state index in [0.717, 1.165) is 29.4 Å². The fourth-order valence-electron chi connectivity index (χ4n) is 3.82. The molecule has 1 atom stereocenters. The SMILES string of the molecule is CC(C)CN(Cc1ccc2c(c1)OCCO2)C(=O)C1CN(Cc2cnco2)CCO1. The molecule has 0 spiro atoms. The molecule has 8 heteroatoms. The second-order valence-corrected chi connectivity index (χ2v) is 8.15. The molecular formula is C22H29N3O5. The molecule has 0 saturated carbocycles. The number of oxazole rings is 1. The third-order valence-electron chi connectivity index (χ3n) is 5.17. The van der Waals surface area contributed by atoms with Gasteiger partial charge in [0.25, 0.3) is 5.91 Å². The van der Waals surface area contributed by atoms with Gasteiger partial charge in [-0.25, -0.2) is 4.98 Å². The summed E-state index contributed by atoms with van der Waals surface area (Å²) < 4.78 is 22.5. The van der Waals surface area contributed by atoms with Crippen LogP contribution >= 0.6 is 0 Å². The molecule has 30 heavy (non-hydrogen) atoms. The van der Waals surface area contributed by atoms with Crippen LogP contribution in [0.15, 0.2) is 35.2 Å². The summed E-state index contributed by atoms with van der Waals surface area (Å²) in [5, 5.41) is 0. The molecule has 2 aliphatic heterocycles. The van der Waals surface area contributed by atoms with Crippen molar-refractivity contribution in [1.82, 2.24) is 14.8 Å². The Morgan fingerprint density at radius 3 is 2.83 bits per heavy atom. The molecule has 0 N–H and O–H groups in total. The van der Waals surface area contributed by atoms with Crippen LogP contribution in [0.4, 0.5) is 0 Å². The van der Waals surface area contributed by atoms with E-state index >= 15 is 0 Å². The lowest BCUT2D eigenvalue weighted by atomic mass is 10.1. The number of fused-ring (bicyclic) bond motifs is 1. The van der Waals surface area contributed by atoms with Crippen molar-refractivity contribution in [3.05, 3.63) is 42.1 Å². The fraction of sp³-hybridized carbons (Fsp3) is 0.545. The highest BCUT2D eigenvalue weighted by Gasteiger charge is 2.31. The van der Waals surface area contributed by atoms with Crippen molar-refractivity contribution in [3.8, 4) is 11.5 Å².